The number of pyridine rings is 3. The first kappa shape index (κ1) is 19.5. The van der Waals surface area contributed by atoms with Crippen LogP contribution in [0.2, 0.25) is 0 Å². The molecule has 156 valence electrons. The third-order valence-corrected chi connectivity index (χ3v) is 5.91. The Morgan fingerprint density at radius 3 is 2.61 bits per heavy atom. The Hall–Kier alpha value is -3.51. The van der Waals surface area contributed by atoms with Crippen LogP contribution in [0.5, 0.6) is 0 Å². The predicted molar refractivity (Wildman–Crippen MR) is 125 cm³/mol. The van der Waals surface area contributed by atoms with Gasteiger partial charge in [0.1, 0.15) is 5.82 Å². The summed E-state index contributed by atoms with van der Waals surface area (Å²) < 4.78 is 0. The van der Waals surface area contributed by atoms with Crippen LogP contribution in [0.1, 0.15) is 29.9 Å². The Morgan fingerprint density at radius 2 is 1.84 bits per heavy atom. The summed E-state index contributed by atoms with van der Waals surface area (Å²) in [6, 6.07) is 14.4. The number of rotatable bonds is 4. The molecule has 1 aromatic carbocycles. The first-order valence-electron chi connectivity index (χ1n) is 10.7. The molecule has 6 nitrogen and oxygen atoms in total. The number of hydrogen-bond acceptors (Lipinski definition) is 5. The minimum absolute atomic E-state index is 0.159. The van der Waals surface area contributed by atoms with Gasteiger partial charge < -0.3 is 15.6 Å². The zero-order chi connectivity index (χ0) is 21.2. The van der Waals surface area contributed by atoms with E-state index in [4.69, 9.17) is 4.98 Å². The molecule has 4 heterocycles. The van der Waals surface area contributed by atoms with Gasteiger partial charge in [-0.2, -0.15) is 0 Å². The molecule has 3 N–H and O–H groups in total. The van der Waals surface area contributed by atoms with Crippen LogP contribution < -0.4 is 16.2 Å². The van der Waals surface area contributed by atoms with Gasteiger partial charge in [-0.1, -0.05) is 12.1 Å². The van der Waals surface area contributed by atoms with E-state index in [9.17, 15) is 4.79 Å². The first-order chi connectivity index (χ1) is 15.2. The van der Waals surface area contributed by atoms with Crippen molar-refractivity contribution in [1.29, 1.82) is 0 Å². The van der Waals surface area contributed by atoms with Gasteiger partial charge in [-0.25, -0.2) is 4.98 Å². The quantitative estimate of drug-likeness (QED) is 0.460. The zero-order valence-electron chi connectivity index (χ0n) is 17.5. The molecule has 0 amide bonds. The van der Waals surface area contributed by atoms with Crippen molar-refractivity contribution < 1.29 is 0 Å². The summed E-state index contributed by atoms with van der Waals surface area (Å²) >= 11 is 0. The van der Waals surface area contributed by atoms with E-state index < -0.39 is 0 Å². The lowest BCUT2D eigenvalue weighted by Crippen LogP contribution is -2.26. The number of benzene rings is 1. The van der Waals surface area contributed by atoms with Gasteiger partial charge in [0.2, 0.25) is 0 Å². The third-order valence-electron chi connectivity index (χ3n) is 5.91. The molecule has 31 heavy (non-hydrogen) atoms. The lowest BCUT2D eigenvalue weighted by molar-refractivity contribution is 0.460. The number of anilines is 2. The van der Waals surface area contributed by atoms with Gasteiger partial charge in [0.25, 0.3) is 5.56 Å². The minimum atomic E-state index is -0.159. The standard InChI is InChI=1S/C25H25N5O/c1-16-12-20(15-27-14-16)22-13-19-8-11-28-25(31)23(19)24(30-22)29-21-4-2-17(3-5-21)18-6-9-26-10-7-18/h2-5,8,11-15,18,26H,6-7,9-10H2,1H3,(H,28,31)(H,29,30). The number of nitrogens with zero attached hydrogens (tertiary/aromatic N) is 2. The SMILES string of the molecule is Cc1cncc(-c2cc3cc[nH]c(=O)c3c(Nc3ccc(C4CCNCC4)cc3)n2)c1. The third kappa shape index (κ3) is 4.07. The lowest BCUT2D eigenvalue weighted by atomic mass is 9.90. The van der Waals surface area contributed by atoms with Crippen LogP contribution in [0.15, 0.2) is 65.8 Å². The molecule has 1 aliphatic rings. The highest BCUT2D eigenvalue weighted by atomic mass is 16.1. The maximum absolute atomic E-state index is 12.6. The monoisotopic (exact) mass is 411 g/mol. The lowest BCUT2D eigenvalue weighted by Gasteiger charge is -2.23. The van der Waals surface area contributed by atoms with Crippen LogP contribution in [0.4, 0.5) is 11.5 Å². The molecule has 0 saturated carbocycles. The van der Waals surface area contributed by atoms with E-state index in [1.807, 2.05) is 31.3 Å². The van der Waals surface area contributed by atoms with Gasteiger partial charge in [-0.05, 0) is 85.6 Å². The van der Waals surface area contributed by atoms with Gasteiger partial charge in [0.15, 0.2) is 0 Å². The summed E-state index contributed by atoms with van der Waals surface area (Å²) in [6.07, 6.45) is 7.62. The molecular formula is C25H25N5O. The highest BCUT2D eigenvalue weighted by molar-refractivity contribution is 5.95. The molecule has 1 saturated heterocycles. The van der Waals surface area contributed by atoms with Crippen molar-refractivity contribution >= 4 is 22.3 Å². The highest BCUT2D eigenvalue weighted by Crippen LogP contribution is 2.30. The van der Waals surface area contributed by atoms with Crippen molar-refractivity contribution in [3.05, 3.63) is 82.5 Å². The van der Waals surface area contributed by atoms with Crippen molar-refractivity contribution in [3.8, 4) is 11.3 Å². The number of aromatic amines is 1. The molecule has 0 spiro atoms. The van der Waals surface area contributed by atoms with Gasteiger partial charge in [0.05, 0.1) is 11.1 Å². The number of nitrogens with one attached hydrogen (secondary N) is 3. The average molecular weight is 412 g/mol. The summed E-state index contributed by atoms with van der Waals surface area (Å²) in [7, 11) is 0. The van der Waals surface area contributed by atoms with E-state index >= 15 is 0 Å². The van der Waals surface area contributed by atoms with Crippen molar-refractivity contribution in [2.24, 2.45) is 0 Å². The Balaban J connectivity index is 1.53. The van der Waals surface area contributed by atoms with Gasteiger partial charge in [-0.15, -0.1) is 0 Å². The van der Waals surface area contributed by atoms with Gasteiger partial charge in [-0.3, -0.25) is 9.78 Å². The molecule has 6 heteroatoms. The Labute approximate surface area is 180 Å². The highest BCUT2D eigenvalue weighted by Gasteiger charge is 2.15. The summed E-state index contributed by atoms with van der Waals surface area (Å²) in [6.45, 7) is 4.15. The fourth-order valence-corrected chi connectivity index (χ4v) is 4.28. The van der Waals surface area contributed by atoms with Crippen LogP contribution in [-0.2, 0) is 0 Å². The van der Waals surface area contributed by atoms with E-state index in [1.165, 1.54) is 18.4 Å². The predicted octanol–water partition coefficient (Wildman–Crippen LogP) is 4.50. The number of piperidine rings is 1. The summed E-state index contributed by atoms with van der Waals surface area (Å²) in [4.78, 5) is 24.5. The molecule has 0 unspecified atom stereocenters. The minimum Gasteiger partial charge on any atom is -0.340 e. The molecule has 3 aromatic heterocycles. The largest absolute Gasteiger partial charge is 0.340 e. The van der Waals surface area contributed by atoms with Crippen LogP contribution in [0.3, 0.4) is 0 Å². The molecular weight excluding hydrogens is 386 g/mol. The van der Waals surface area contributed by atoms with Crippen molar-refractivity contribution in [3.63, 3.8) is 0 Å². The summed E-state index contributed by atoms with van der Waals surface area (Å²) in [5, 5.41) is 8.18. The number of aryl methyl sites for hydroxylation is 1. The molecule has 0 radical (unpaired) electrons. The average Bonchev–Trinajstić information content (AvgIpc) is 2.80. The maximum atomic E-state index is 12.6. The maximum Gasteiger partial charge on any atom is 0.259 e. The molecule has 4 aromatic rings. The van der Waals surface area contributed by atoms with Crippen LogP contribution in [-0.4, -0.2) is 28.0 Å². The fraction of sp³-hybridized carbons (Fsp3) is 0.240. The van der Waals surface area contributed by atoms with Gasteiger partial charge in [0, 0.05) is 29.8 Å². The van der Waals surface area contributed by atoms with Crippen LogP contribution in [0.25, 0.3) is 22.0 Å². The van der Waals surface area contributed by atoms with E-state index in [2.05, 4.69) is 44.9 Å². The fourth-order valence-electron chi connectivity index (χ4n) is 4.28. The molecule has 0 atom stereocenters. The molecule has 5 rings (SSSR count). The number of hydrogen-bond donors (Lipinski definition) is 3. The first-order valence-corrected chi connectivity index (χ1v) is 10.7. The Kier molecular flexibility index (Phi) is 5.22. The van der Waals surface area contributed by atoms with E-state index in [0.717, 1.165) is 41.0 Å². The second-order valence-corrected chi connectivity index (χ2v) is 8.15. The van der Waals surface area contributed by atoms with E-state index in [1.54, 1.807) is 12.4 Å². The van der Waals surface area contributed by atoms with Crippen molar-refractivity contribution in [1.82, 2.24) is 20.3 Å². The normalized spacial score (nSPS) is 14.6. The second-order valence-electron chi connectivity index (χ2n) is 8.15. The summed E-state index contributed by atoms with van der Waals surface area (Å²) in [5.41, 5.74) is 4.88. The van der Waals surface area contributed by atoms with E-state index in [-0.39, 0.29) is 5.56 Å². The van der Waals surface area contributed by atoms with Crippen LogP contribution in [0, 0.1) is 6.92 Å². The molecule has 0 bridgehead atoms. The molecule has 1 fully saturated rings. The molecule has 0 aliphatic carbocycles. The Morgan fingerprint density at radius 1 is 1.03 bits per heavy atom. The van der Waals surface area contributed by atoms with Crippen molar-refractivity contribution in [2.75, 3.05) is 18.4 Å². The second kappa shape index (κ2) is 8.32. The topological polar surface area (TPSA) is 82.7 Å². The van der Waals surface area contributed by atoms with Crippen molar-refractivity contribution in [2.45, 2.75) is 25.7 Å². The number of H-pyrrole nitrogens is 1. The Bertz CT molecular complexity index is 1270. The molecule has 1 aliphatic heterocycles. The summed E-state index contributed by atoms with van der Waals surface area (Å²) in [5.74, 6) is 1.15. The zero-order valence-corrected chi connectivity index (χ0v) is 17.5. The smallest absolute Gasteiger partial charge is 0.259 e. The van der Waals surface area contributed by atoms with E-state index in [0.29, 0.717) is 17.1 Å². The van der Waals surface area contributed by atoms with Crippen LogP contribution >= 0.6 is 0 Å². The number of aromatic nitrogens is 3. The number of fused-ring (bicyclic) bond motifs is 1. The van der Waals surface area contributed by atoms with Gasteiger partial charge >= 0.3 is 0 Å².